The Morgan fingerprint density at radius 2 is 1.75 bits per heavy atom. The molecule has 1 N–H and O–H groups in total. The average molecular weight is 270 g/mol. The second-order valence-corrected chi connectivity index (χ2v) is 4.62. The molecule has 0 fully saturated rings. The summed E-state index contributed by atoms with van der Waals surface area (Å²) in [6, 6.07) is 16.3. The Labute approximate surface area is 118 Å². The van der Waals surface area contributed by atoms with Crippen LogP contribution in [0.15, 0.2) is 48.5 Å². The van der Waals surface area contributed by atoms with Gasteiger partial charge in [0.1, 0.15) is 13.2 Å². The van der Waals surface area contributed by atoms with Gasteiger partial charge in [0.05, 0.1) is 12.2 Å². The largest absolute Gasteiger partial charge is 0.486 e. The Balaban J connectivity index is 1.82. The highest BCUT2D eigenvalue weighted by Crippen LogP contribution is 2.33. The molecule has 4 nitrogen and oxygen atoms in total. The first-order valence-corrected chi connectivity index (χ1v) is 6.75. The first-order valence-electron chi connectivity index (χ1n) is 6.75. The van der Waals surface area contributed by atoms with Crippen molar-refractivity contribution in [2.24, 2.45) is 0 Å². The standard InChI is InChI=1S/C16H18N2O2/c1-17-18(12-13-5-3-2-4-6-13)14-7-8-15-16(11-14)20-10-9-19-15/h2-8,11,17H,9-10,12H2,1H3. The Morgan fingerprint density at radius 1 is 1.00 bits per heavy atom. The molecule has 0 aromatic heterocycles. The van der Waals surface area contributed by atoms with Crippen LogP contribution in [0.25, 0.3) is 0 Å². The van der Waals surface area contributed by atoms with Gasteiger partial charge in [0.25, 0.3) is 0 Å². The van der Waals surface area contributed by atoms with Crippen LogP contribution in [-0.4, -0.2) is 20.3 Å². The second-order valence-electron chi connectivity index (χ2n) is 4.62. The fourth-order valence-corrected chi connectivity index (χ4v) is 2.27. The molecule has 1 heterocycles. The Bertz CT molecular complexity index is 572. The van der Waals surface area contributed by atoms with Crippen LogP contribution in [0.4, 0.5) is 5.69 Å². The highest BCUT2D eigenvalue weighted by atomic mass is 16.6. The molecule has 3 rings (SSSR count). The van der Waals surface area contributed by atoms with Crippen molar-refractivity contribution >= 4 is 5.69 Å². The molecular formula is C16H18N2O2. The number of hydrogen-bond donors (Lipinski definition) is 1. The predicted molar refractivity (Wildman–Crippen MR) is 79.1 cm³/mol. The van der Waals surface area contributed by atoms with Gasteiger partial charge in [-0.15, -0.1) is 0 Å². The van der Waals surface area contributed by atoms with Gasteiger partial charge in [-0.05, 0) is 17.7 Å². The van der Waals surface area contributed by atoms with Gasteiger partial charge in [0.2, 0.25) is 0 Å². The van der Waals surface area contributed by atoms with E-state index in [2.05, 4.69) is 22.6 Å². The minimum atomic E-state index is 0.606. The van der Waals surface area contributed by atoms with E-state index in [9.17, 15) is 0 Å². The van der Waals surface area contributed by atoms with Gasteiger partial charge in [-0.1, -0.05) is 30.3 Å². The number of ether oxygens (including phenoxy) is 2. The molecule has 0 unspecified atom stereocenters. The quantitative estimate of drug-likeness (QED) is 0.866. The second kappa shape index (κ2) is 5.84. The Morgan fingerprint density at radius 3 is 2.50 bits per heavy atom. The molecule has 0 bridgehead atoms. The van der Waals surface area contributed by atoms with Gasteiger partial charge in [-0.3, -0.25) is 0 Å². The maximum atomic E-state index is 5.63. The van der Waals surface area contributed by atoms with Gasteiger partial charge in [0.15, 0.2) is 11.5 Å². The first kappa shape index (κ1) is 12.8. The summed E-state index contributed by atoms with van der Waals surface area (Å²) >= 11 is 0. The van der Waals surface area contributed by atoms with Crippen LogP contribution in [0.3, 0.4) is 0 Å². The summed E-state index contributed by atoms with van der Waals surface area (Å²) in [4.78, 5) is 0. The van der Waals surface area contributed by atoms with Crippen molar-refractivity contribution < 1.29 is 9.47 Å². The van der Waals surface area contributed by atoms with Crippen LogP contribution in [0, 0.1) is 0 Å². The van der Waals surface area contributed by atoms with Gasteiger partial charge >= 0.3 is 0 Å². The molecule has 1 aliphatic heterocycles. The van der Waals surface area contributed by atoms with E-state index >= 15 is 0 Å². The number of nitrogens with one attached hydrogen (secondary N) is 1. The summed E-state index contributed by atoms with van der Waals surface area (Å²) < 4.78 is 11.2. The van der Waals surface area contributed by atoms with Gasteiger partial charge in [-0.2, -0.15) is 0 Å². The number of benzene rings is 2. The number of hydrogen-bond acceptors (Lipinski definition) is 4. The third kappa shape index (κ3) is 2.70. The van der Waals surface area contributed by atoms with Crippen molar-refractivity contribution in [3.05, 3.63) is 54.1 Å². The van der Waals surface area contributed by atoms with E-state index in [0.717, 1.165) is 23.7 Å². The van der Waals surface area contributed by atoms with Crippen LogP contribution in [0.1, 0.15) is 5.56 Å². The first-order chi connectivity index (χ1) is 9.86. The van der Waals surface area contributed by atoms with Crippen LogP contribution < -0.4 is 19.9 Å². The lowest BCUT2D eigenvalue weighted by molar-refractivity contribution is 0.171. The van der Waals surface area contributed by atoms with E-state index in [-0.39, 0.29) is 0 Å². The third-order valence-corrected chi connectivity index (χ3v) is 3.29. The molecule has 2 aromatic carbocycles. The Kier molecular flexibility index (Phi) is 3.74. The SMILES string of the molecule is CNN(Cc1ccccc1)c1ccc2c(c1)OCCO2. The fourth-order valence-electron chi connectivity index (χ4n) is 2.27. The predicted octanol–water partition coefficient (Wildman–Crippen LogP) is 2.60. The molecule has 2 aromatic rings. The minimum absolute atomic E-state index is 0.606. The van der Waals surface area contributed by atoms with E-state index in [4.69, 9.17) is 9.47 Å². The van der Waals surface area contributed by atoms with Crippen LogP contribution in [-0.2, 0) is 6.54 Å². The maximum absolute atomic E-state index is 5.63. The molecule has 0 saturated heterocycles. The summed E-state index contributed by atoms with van der Waals surface area (Å²) in [7, 11) is 1.92. The molecule has 20 heavy (non-hydrogen) atoms. The zero-order chi connectivity index (χ0) is 13.8. The summed E-state index contributed by atoms with van der Waals surface area (Å²) in [6.07, 6.45) is 0. The summed E-state index contributed by atoms with van der Waals surface area (Å²) in [5.41, 5.74) is 5.51. The lowest BCUT2D eigenvalue weighted by atomic mass is 10.2. The summed E-state index contributed by atoms with van der Waals surface area (Å²) in [5, 5.41) is 2.08. The van der Waals surface area contributed by atoms with Crippen molar-refractivity contribution in [2.45, 2.75) is 6.54 Å². The van der Waals surface area contributed by atoms with Gasteiger partial charge in [-0.25, -0.2) is 5.43 Å². The Hall–Kier alpha value is -2.20. The highest BCUT2D eigenvalue weighted by molar-refractivity contribution is 5.56. The van der Waals surface area contributed by atoms with Crippen molar-refractivity contribution in [3.63, 3.8) is 0 Å². The highest BCUT2D eigenvalue weighted by Gasteiger charge is 2.14. The molecule has 0 spiro atoms. The molecule has 0 amide bonds. The van der Waals surface area contributed by atoms with Crippen LogP contribution in [0.5, 0.6) is 11.5 Å². The summed E-state index contributed by atoms with van der Waals surface area (Å²) in [6.45, 7) is 2.01. The fraction of sp³-hybridized carbons (Fsp3) is 0.250. The molecular weight excluding hydrogens is 252 g/mol. The van der Waals surface area contributed by atoms with E-state index in [1.54, 1.807) is 0 Å². The molecule has 4 heteroatoms. The van der Waals surface area contributed by atoms with Crippen LogP contribution >= 0.6 is 0 Å². The van der Waals surface area contributed by atoms with Crippen LogP contribution in [0.2, 0.25) is 0 Å². The lowest BCUT2D eigenvalue weighted by Crippen LogP contribution is -2.34. The molecule has 0 radical (unpaired) electrons. The number of anilines is 1. The number of rotatable bonds is 4. The lowest BCUT2D eigenvalue weighted by Gasteiger charge is -2.26. The van der Waals surface area contributed by atoms with Crippen molar-refractivity contribution in [3.8, 4) is 11.5 Å². The van der Waals surface area contributed by atoms with E-state index in [1.165, 1.54) is 5.56 Å². The number of nitrogens with zero attached hydrogens (tertiary/aromatic N) is 1. The molecule has 0 aliphatic carbocycles. The number of fused-ring (bicyclic) bond motifs is 1. The zero-order valence-corrected chi connectivity index (χ0v) is 11.5. The zero-order valence-electron chi connectivity index (χ0n) is 11.5. The molecule has 1 aliphatic rings. The third-order valence-electron chi connectivity index (χ3n) is 3.29. The molecule has 0 atom stereocenters. The maximum Gasteiger partial charge on any atom is 0.163 e. The van der Waals surface area contributed by atoms with Crippen molar-refractivity contribution in [1.82, 2.24) is 5.43 Å². The van der Waals surface area contributed by atoms with E-state index in [1.807, 2.05) is 43.4 Å². The smallest absolute Gasteiger partial charge is 0.163 e. The monoisotopic (exact) mass is 270 g/mol. The normalized spacial score (nSPS) is 13.1. The average Bonchev–Trinajstić information content (AvgIpc) is 2.53. The molecule has 104 valence electrons. The van der Waals surface area contributed by atoms with E-state index in [0.29, 0.717) is 13.2 Å². The molecule has 0 saturated carbocycles. The topological polar surface area (TPSA) is 33.7 Å². The van der Waals surface area contributed by atoms with Gasteiger partial charge in [0, 0.05) is 13.1 Å². The van der Waals surface area contributed by atoms with Crippen molar-refractivity contribution in [1.29, 1.82) is 0 Å². The minimum Gasteiger partial charge on any atom is -0.486 e. The van der Waals surface area contributed by atoms with Gasteiger partial charge < -0.3 is 14.5 Å². The number of hydrazine groups is 1. The van der Waals surface area contributed by atoms with Crippen molar-refractivity contribution in [2.75, 3.05) is 25.3 Å². The van der Waals surface area contributed by atoms with E-state index < -0.39 is 0 Å². The summed E-state index contributed by atoms with van der Waals surface area (Å²) in [5.74, 6) is 1.62.